The van der Waals surface area contributed by atoms with Crippen LogP contribution in [0.5, 0.6) is 0 Å². The van der Waals surface area contributed by atoms with Gasteiger partial charge in [-0.05, 0) is 24.7 Å². The van der Waals surface area contributed by atoms with Crippen LogP contribution in [-0.4, -0.2) is 68.1 Å². The van der Waals surface area contributed by atoms with Crippen LogP contribution in [0.2, 0.25) is 5.02 Å². The molecule has 3 rings (SSSR count). The largest absolute Gasteiger partial charge is 0.480 e. The highest BCUT2D eigenvalue weighted by Gasteiger charge is 2.49. The molecule has 0 aromatic carbocycles. The van der Waals surface area contributed by atoms with Crippen LogP contribution in [0, 0.1) is 5.41 Å². The van der Waals surface area contributed by atoms with Gasteiger partial charge in [-0.2, -0.15) is 5.10 Å². The lowest BCUT2D eigenvalue weighted by atomic mass is 9.76. The minimum Gasteiger partial charge on any atom is -0.480 e. The molecule has 2 aliphatic heterocycles. The summed E-state index contributed by atoms with van der Waals surface area (Å²) in [6, 6.07) is -0.831. The van der Waals surface area contributed by atoms with E-state index in [0.717, 1.165) is 0 Å². The van der Waals surface area contributed by atoms with Crippen molar-refractivity contribution < 1.29 is 19.5 Å². The molecule has 0 saturated carbocycles. The van der Waals surface area contributed by atoms with Gasteiger partial charge in [0.15, 0.2) is 0 Å². The Morgan fingerprint density at radius 2 is 2.04 bits per heavy atom. The first-order valence-corrected chi connectivity index (χ1v) is 8.63. The zero-order valence-electron chi connectivity index (χ0n) is 14.0. The standard InChI is InChI=1S/C16H21ClN4O4/c1-11(22)19-4-2-16(3-5-19)6-13(15(24)25)21(10-16)14(23)9-20-8-12(17)7-18-20/h7-8,13H,2-6,9-10H2,1H3,(H,24,25). The van der Waals surface area contributed by atoms with Gasteiger partial charge in [-0.15, -0.1) is 0 Å². The number of carbonyl (C=O) groups excluding carboxylic acids is 2. The van der Waals surface area contributed by atoms with Crippen molar-refractivity contribution in [3.05, 3.63) is 17.4 Å². The molecule has 1 spiro atoms. The Bertz CT molecular complexity index is 696. The van der Waals surface area contributed by atoms with Crippen LogP contribution in [0.25, 0.3) is 0 Å². The normalized spacial score (nSPS) is 22.4. The minimum atomic E-state index is -0.988. The number of carbonyl (C=O) groups is 3. The third kappa shape index (κ3) is 3.63. The molecule has 8 nitrogen and oxygen atoms in total. The Kier molecular flexibility index (Phi) is 4.73. The van der Waals surface area contributed by atoms with Gasteiger partial charge in [0.25, 0.3) is 0 Å². The quantitative estimate of drug-likeness (QED) is 0.853. The Balaban J connectivity index is 1.71. The van der Waals surface area contributed by atoms with Crippen LogP contribution in [0.4, 0.5) is 0 Å². The van der Waals surface area contributed by atoms with E-state index in [1.54, 1.807) is 4.90 Å². The van der Waals surface area contributed by atoms with Crippen molar-refractivity contribution >= 4 is 29.4 Å². The number of carboxylic acids is 1. The second-order valence-corrected chi connectivity index (χ2v) is 7.38. The van der Waals surface area contributed by atoms with Crippen molar-refractivity contribution in [3.63, 3.8) is 0 Å². The second-order valence-electron chi connectivity index (χ2n) is 6.94. The average molecular weight is 369 g/mol. The zero-order valence-corrected chi connectivity index (χ0v) is 14.8. The maximum atomic E-state index is 12.6. The molecule has 2 saturated heterocycles. The number of aliphatic carboxylic acids is 1. The summed E-state index contributed by atoms with van der Waals surface area (Å²) in [5.41, 5.74) is -0.230. The molecular formula is C16H21ClN4O4. The van der Waals surface area contributed by atoms with E-state index in [4.69, 9.17) is 11.6 Å². The molecule has 2 fully saturated rings. The molecule has 25 heavy (non-hydrogen) atoms. The monoisotopic (exact) mass is 368 g/mol. The minimum absolute atomic E-state index is 0.0334. The molecule has 0 radical (unpaired) electrons. The molecule has 136 valence electrons. The summed E-state index contributed by atoms with van der Waals surface area (Å²) in [6.45, 7) is 3.13. The third-order valence-electron chi connectivity index (χ3n) is 5.28. The van der Waals surface area contributed by atoms with Crippen molar-refractivity contribution in [2.75, 3.05) is 19.6 Å². The van der Waals surface area contributed by atoms with Crippen molar-refractivity contribution in [1.82, 2.24) is 19.6 Å². The smallest absolute Gasteiger partial charge is 0.326 e. The van der Waals surface area contributed by atoms with E-state index in [1.165, 1.54) is 28.9 Å². The second kappa shape index (κ2) is 6.67. The van der Waals surface area contributed by atoms with Crippen LogP contribution >= 0.6 is 11.6 Å². The highest BCUT2D eigenvalue weighted by molar-refractivity contribution is 6.30. The van der Waals surface area contributed by atoms with Crippen LogP contribution in [0.3, 0.4) is 0 Å². The van der Waals surface area contributed by atoms with Crippen molar-refractivity contribution in [2.24, 2.45) is 5.41 Å². The van der Waals surface area contributed by atoms with Gasteiger partial charge in [0.2, 0.25) is 11.8 Å². The van der Waals surface area contributed by atoms with Crippen LogP contribution in [0.15, 0.2) is 12.4 Å². The predicted molar refractivity (Wildman–Crippen MR) is 88.9 cm³/mol. The molecule has 1 aromatic heterocycles. The first kappa shape index (κ1) is 17.7. The lowest BCUT2D eigenvalue weighted by Gasteiger charge is -2.38. The van der Waals surface area contributed by atoms with Gasteiger partial charge >= 0.3 is 5.97 Å². The Morgan fingerprint density at radius 1 is 1.36 bits per heavy atom. The number of amides is 2. The summed E-state index contributed by atoms with van der Waals surface area (Å²) < 4.78 is 1.41. The summed E-state index contributed by atoms with van der Waals surface area (Å²) in [6.07, 6.45) is 4.83. The Labute approximate surface area is 150 Å². The lowest BCUT2D eigenvalue weighted by Crippen LogP contribution is -2.44. The number of carboxylic acid groups (broad SMARTS) is 1. The molecule has 1 aromatic rings. The molecule has 1 N–H and O–H groups in total. The highest BCUT2D eigenvalue weighted by Crippen LogP contribution is 2.43. The number of likely N-dealkylation sites (tertiary alicyclic amines) is 2. The van der Waals surface area contributed by atoms with E-state index >= 15 is 0 Å². The number of halogens is 1. The number of piperidine rings is 1. The Morgan fingerprint density at radius 3 is 2.56 bits per heavy atom. The zero-order chi connectivity index (χ0) is 18.2. The van der Waals surface area contributed by atoms with E-state index in [-0.39, 0.29) is 23.8 Å². The molecular weight excluding hydrogens is 348 g/mol. The summed E-state index contributed by atoms with van der Waals surface area (Å²) in [7, 11) is 0. The summed E-state index contributed by atoms with van der Waals surface area (Å²) in [5, 5.41) is 14.0. The number of aromatic nitrogens is 2. The molecule has 0 aliphatic carbocycles. The van der Waals surface area contributed by atoms with Gasteiger partial charge in [0.1, 0.15) is 12.6 Å². The van der Waals surface area contributed by atoms with E-state index in [2.05, 4.69) is 5.10 Å². The SMILES string of the molecule is CC(=O)N1CCC2(CC1)CC(C(=O)O)N(C(=O)Cn1cc(Cl)cn1)C2. The summed E-state index contributed by atoms with van der Waals surface area (Å²) in [5.74, 6) is -1.23. The fourth-order valence-electron chi connectivity index (χ4n) is 3.85. The lowest BCUT2D eigenvalue weighted by molar-refractivity contribution is -0.148. The van der Waals surface area contributed by atoms with Gasteiger partial charge in [0, 0.05) is 32.8 Å². The summed E-state index contributed by atoms with van der Waals surface area (Å²) in [4.78, 5) is 39.0. The van der Waals surface area contributed by atoms with E-state index in [0.29, 0.717) is 43.9 Å². The molecule has 0 bridgehead atoms. The number of hydrogen-bond acceptors (Lipinski definition) is 4. The van der Waals surface area contributed by atoms with E-state index < -0.39 is 12.0 Å². The number of rotatable bonds is 3. The third-order valence-corrected chi connectivity index (χ3v) is 5.48. The topological polar surface area (TPSA) is 95.7 Å². The fraction of sp³-hybridized carbons (Fsp3) is 0.625. The molecule has 2 amide bonds. The predicted octanol–water partition coefficient (Wildman–Crippen LogP) is 0.851. The van der Waals surface area contributed by atoms with Gasteiger partial charge < -0.3 is 14.9 Å². The van der Waals surface area contributed by atoms with Crippen molar-refractivity contribution in [2.45, 2.75) is 38.8 Å². The fourth-order valence-corrected chi connectivity index (χ4v) is 4.01. The van der Waals surface area contributed by atoms with E-state index in [9.17, 15) is 19.5 Å². The van der Waals surface area contributed by atoms with Crippen molar-refractivity contribution in [1.29, 1.82) is 0 Å². The van der Waals surface area contributed by atoms with Gasteiger partial charge in [0.05, 0.1) is 11.2 Å². The maximum Gasteiger partial charge on any atom is 0.326 e. The molecule has 1 atom stereocenters. The van der Waals surface area contributed by atoms with E-state index in [1.807, 2.05) is 0 Å². The van der Waals surface area contributed by atoms with Crippen LogP contribution in [0.1, 0.15) is 26.2 Å². The first-order chi connectivity index (χ1) is 11.8. The van der Waals surface area contributed by atoms with Crippen molar-refractivity contribution in [3.8, 4) is 0 Å². The van der Waals surface area contributed by atoms with Crippen LogP contribution < -0.4 is 0 Å². The molecule has 2 aliphatic rings. The first-order valence-electron chi connectivity index (χ1n) is 8.25. The van der Waals surface area contributed by atoms with Gasteiger partial charge in [-0.3, -0.25) is 14.3 Å². The Hall–Kier alpha value is -2.09. The highest BCUT2D eigenvalue weighted by atomic mass is 35.5. The number of nitrogens with zero attached hydrogens (tertiary/aromatic N) is 4. The molecule has 3 heterocycles. The van der Waals surface area contributed by atoms with Gasteiger partial charge in [-0.1, -0.05) is 11.6 Å². The maximum absolute atomic E-state index is 12.6. The van der Waals surface area contributed by atoms with Crippen LogP contribution in [-0.2, 0) is 20.9 Å². The average Bonchev–Trinajstić information content (AvgIpc) is 3.12. The van der Waals surface area contributed by atoms with Gasteiger partial charge in [-0.25, -0.2) is 4.79 Å². The number of hydrogen-bond donors (Lipinski definition) is 1. The summed E-state index contributed by atoms with van der Waals surface area (Å²) >= 11 is 5.80. The molecule has 9 heteroatoms. The molecule has 1 unspecified atom stereocenters.